The Morgan fingerprint density at radius 1 is 1.50 bits per heavy atom. The molecule has 0 fully saturated rings. The van der Waals surface area contributed by atoms with Crippen molar-refractivity contribution in [2.45, 2.75) is 13.3 Å². The van der Waals surface area contributed by atoms with Crippen LogP contribution in [0.25, 0.3) is 6.08 Å². The lowest BCUT2D eigenvalue weighted by molar-refractivity contribution is -0.134. The fourth-order valence-corrected chi connectivity index (χ4v) is 2.61. The summed E-state index contributed by atoms with van der Waals surface area (Å²) in [6.07, 6.45) is 1.73. The Kier molecular flexibility index (Phi) is 5.81. The first-order chi connectivity index (χ1) is 8.45. The third kappa shape index (κ3) is 4.10. The van der Waals surface area contributed by atoms with Crippen molar-refractivity contribution in [2.75, 3.05) is 6.61 Å². The van der Waals surface area contributed by atoms with Gasteiger partial charge in [-0.15, -0.1) is 0 Å². The lowest BCUT2D eigenvalue weighted by Gasteiger charge is -2.11. The van der Waals surface area contributed by atoms with E-state index in [1.807, 2.05) is 6.92 Å². The van der Waals surface area contributed by atoms with E-state index in [1.165, 1.54) is 0 Å². The Labute approximate surface area is 121 Å². The van der Waals surface area contributed by atoms with Crippen LogP contribution in [0.1, 0.15) is 18.9 Å². The van der Waals surface area contributed by atoms with Crippen LogP contribution in [0.5, 0.6) is 5.75 Å². The molecule has 0 spiro atoms. The van der Waals surface area contributed by atoms with E-state index >= 15 is 0 Å². The van der Waals surface area contributed by atoms with Crippen LogP contribution in [0.15, 0.2) is 26.9 Å². The molecule has 18 heavy (non-hydrogen) atoms. The van der Waals surface area contributed by atoms with Crippen LogP contribution < -0.4 is 4.74 Å². The van der Waals surface area contributed by atoms with E-state index in [0.29, 0.717) is 26.9 Å². The first-order valence-electron chi connectivity index (χ1n) is 5.18. The molecule has 0 heterocycles. The normalized spacial score (nSPS) is 11.4. The van der Waals surface area contributed by atoms with Gasteiger partial charge >= 0.3 is 5.97 Å². The number of hydrogen-bond acceptors (Lipinski definition) is 2. The number of aliphatic carboxylic acids is 1. The summed E-state index contributed by atoms with van der Waals surface area (Å²) in [4.78, 5) is 10.5. The summed E-state index contributed by atoms with van der Waals surface area (Å²) in [5.74, 6) is -2.41. The van der Waals surface area contributed by atoms with Crippen LogP contribution in [-0.4, -0.2) is 17.7 Å². The van der Waals surface area contributed by atoms with Crippen LogP contribution in [0.2, 0.25) is 0 Å². The molecular formula is C12H11Br2FO3. The molecule has 6 heteroatoms. The summed E-state index contributed by atoms with van der Waals surface area (Å²) in [5, 5.41) is 8.54. The molecule has 0 aromatic heterocycles. The molecule has 0 aliphatic heterocycles. The van der Waals surface area contributed by atoms with Crippen molar-refractivity contribution in [2.24, 2.45) is 0 Å². The van der Waals surface area contributed by atoms with Crippen LogP contribution in [0, 0.1) is 0 Å². The fourth-order valence-electron chi connectivity index (χ4n) is 1.24. The fraction of sp³-hybridized carbons (Fsp3) is 0.250. The monoisotopic (exact) mass is 380 g/mol. The highest BCUT2D eigenvalue weighted by molar-refractivity contribution is 9.11. The highest BCUT2D eigenvalue weighted by Gasteiger charge is 2.12. The van der Waals surface area contributed by atoms with Crippen molar-refractivity contribution in [1.82, 2.24) is 0 Å². The molecule has 0 unspecified atom stereocenters. The Morgan fingerprint density at radius 2 is 2.17 bits per heavy atom. The van der Waals surface area contributed by atoms with E-state index in [4.69, 9.17) is 9.84 Å². The largest absolute Gasteiger partial charge is 0.492 e. The standard InChI is InChI=1S/C12H11Br2FO3/c1-2-3-18-11-7(5-10(15)12(16)17)4-8(13)6-9(11)14/h4-6H,2-3H2,1H3,(H,16,17). The van der Waals surface area contributed by atoms with Gasteiger partial charge in [0, 0.05) is 10.0 Å². The van der Waals surface area contributed by atoms with Gasteiger partial charge in [-0.2, -0.15) is 4.39 Å². The van der Waals surface area contributed by atoms with Gasteiger partial charge in [-0.3, -0.25) is 0 Å². The SMILES string of the molecule is CCCOc1c(Br)cc(Br)cc1C=C(F)C(=O)O. The first-order valence-corrected chi connectivity index (χ1v) is 6.76. The number of carbonyl (C=O) groups is 1. The van der Waals surface area contributed by atoms with Gasteiger partial charge in [0.25, 0.3) is 0 Å². The highest BCUT2D eigenvalue weighted by atomic mass is 79.9. The summed E-state index contributed by atoms with van der Waals surface area (Å²) >= 11 is 6.56. The van der Waals surface area contributed by atoms with Gasteiger partial charge < -0.3 is 9.84 Å². The van der Waals surface area contributed by atoms with Crippen molar-refractivity contribution in [3.63, 3.8) is 0 Å². The van der Waals surface area contributed by atoms with Crippen LogP contribution in [0.3, 0.4) is 0 Å². The van der Waals surface area contributed by atoms with Gasteiger partial charge in [-0.1, -0.05) is 22.9 Å². The Balaban J connectivity index is 3.22. The molecule has 0 bridgehead atoms. The molecule has 0 aliphatic rings. The summed E-state index contributed by atoms with van der Waals surface area (Å²) in [7, 11) is 0. The van der Waals surface area contributed by atoms with Crippen LogP contribution in [0.4, 0.5) is 4.39 Å². The average molecular weight is 382 g/mol. The number of carboxylic acid groups (broad SMARTS) is 1. The molecule has 0 radical (unpaired) electrons. The number of carboxylic acids is 1. The quantitative estimate of drug-likeness (QED) is 0.769. The van der Waals surface area contributed by atoms with E-state index in [1.54, 1.807) is 12.1 Å². The third-order valence-corrected chi connectivity index (χ3v) is 3.02. The number of benzene rings is 1. The second-order valence-corrected chi connectivity index (χ2v) is 5.22. The lowest BCUT2D eigenvalue weighted by atomic mass is 10.2. The topological polar surface area (TPSA) is 46.5 Å². The molecule has 0 aliphatic carbocycles. The highest BCUT2D eigenvalue weighted by Crippen LogP contribution is 2.34. The maximum atomic E-state index is 13.2. The molecule has 0 atom stereocenters. The van der Waals surface area contributed by atoms with Gasteiger partial charge in [0.2, 0.25) is 5.83 Å². The molecular weight excluding hydrogens is 371 g/mol. The molecule has 0 saturated heterocycles. The average Bonchev–Trinajstić information content (AvgIpc) is 2.27. The predicted octanol–water partition coefficient (Wildman–Crippen LogP) is 4.40. The van der Waals surface area contributed by atoms with Crippen molar-refractivity contribution in [1.29, 1.82) is 0 Å². The second-order valence-electron chi connectivity index (χ2n) is 3.45. The minimum Gasteiger partial charge on any atom is -0.492 e. The molecule has 3 nitrogen and oxygen atoms in total. The van der Waals surface area contributed by atoms with Crippen molar-refractivity contribution in [3.05, 3.63) is 32.5 Å². The summed E-state index contributed by atoms with van der Waals surface area (Å²) in [5.41, 5.74) is 0.365. The van der Waals surface area contributed by atoms with E-state index in [0.717, 1.165) is 12.5 Å². The van der Waals surface area contributed by atoms with Gasteiger partial charge in [0.1, 0.15) is 5.75 Å². The molecule has 1 aromatic carbocycles. The maximum absolute atomic E-state index is 13.2. The van der Waals surface area contributed by atoms with E-state index in [-0.39, 0.29) is 0 Å². The van der Waals surface area contributed by atoms with E-state index in [2.05, 4.69) is 31.9 Å². The zero-order valence-corrected chi connectivity index (χ0v) is 12.7. The summed E-state index contributed by atoms with van der Waals surface area (Å²) in [6, 6.07) is 3.35. The molecule has 1 rings (SSSR count). The van der Waals surface area contributed by atoms with Gasteiger partial charge in [0.15, 0.2) is 0 Å². The lowest BCUT2D eigenvalue weighted by Crippen LogP contribution is -1.99. The molecule has 0 amide bonds. The number of halogens is 3. The number of rotatable bonds is 5. The Hall–Kier alpha value is -0.880. The first kappa shape index (κ1) is 15.2. The zero-order valence-electron chi connectivity index (χ0n) is 9.54. The minimum atomic E-state index is -1.60. The van der Waals surface area contributed by atoms with Gasteiger partial charge in [-0.05, 0) is 40.6 Å². The summed E-state index contributed by atoms with van der Waals surface area (Å²) in [6.45, 7) is 2.41. The predicted molar refractivity (Wildman–Crippen MR) is 74.3 cm³/mol. The second kappa shape index (κ2) is 6.89. The van der Waals surface area contributed by atoms with Crippen LogP contribution >= 0.6 is 31.9 Å². The summed E-state index contributed by atoms with van der Waals surface area (Å²) < 4.78 is 20.0. The number of hydrogen-bond donors (Lipinski definition) is 1. The van der Waals surface area contributed by atoms with Crippen LogP contribution in [-0.2, 0) is 4.79 Å². The molecule has 1 N–H and O–H groups in total. The number of ether oxygens (including phenoxy) is 1. The maximum Gasteiger partial charge on any atom is 0.364 e. The van der Waals surface area contributed by atoms with Crippen molar-refractivity contribution < 1.29 is 19.0 Å². The van der Waals surface area contributed by atoms with E-state index in [9.17, 15) is 9.18 Å². The van der Waals surface area contributed by atoms with Gasteiger partial charge in [0.05, 0.1) is 11.1 Å². The molecule has 0 saturated carbocycles. The van der Waals surface area contributed by atoms with Gasteiger partial charge in [-0.25, -0.2) is 4.79 Å². The Morgan fingerprint density at radius 3 is 2.72 bits per heavy atom. The Bertz CT molecular complexity index is 486. The zero-order chi connectivity index (χ0) is 13.7. The van der Waals surface area contributed by atoms with E-state index < -0.39 is 11.8 Å². The minimum absolute atomic E-state index is 0.365. The van der Waals surface area contributed by atoms with Crippen molar-refractivity contribution in [3.8, 4) is 5.75 Å². The third-order valence-electron chi connectivity index (χ3n) is 1.97. The van der Waals surface area contributed by atoms with Crippen molar-refractivity contribution >= 4 is 43.9 Å². The molecule has 98 valence electrons. The molecule has 1 aromatic rings. The smallest absolute Gasteiger partial charge is 0.364 e.